The normalized spacial score (nSPS) is 24.9. The predicted octanol–water partition coefficient (Wildman–Crippen LogP) is 2.48. The van der Waals surface area contributed by atoms with E-state index in [0.29, 0.717) is 6.54 Å². The van der Waals surface area contributed by atoms with Gasteiger partial charge in [-0.3, -0.25) is 4.79 Å². The number of amides is 1. The summed E-state index contributed by atoms with van der Waals surface area (Å²) in [5.74, 6) is 1.27. The van der Waals surface area contributed by atoms with Crippen molar-refractivity contribution in [1.29, 1.82) is 0 Å². The number of hydrogen-bond acceptors (Lipinski definition) is 2. The molecule has 0 aliphatic heterocycles. The largest absolute Gasteiger partial charge is 0.354 e. The molecule has 0 unspecified atom stereocenters. The van der Waals surface area contributed by atoms with Crippen LogP contribution >= 0.6 is 12.4 Å². The summed E-state index contributed by atoms with van der Waals surface area (Å²) < 4.78 is 0. The van der Waals surface area contributed by atoms with Crippen molar-refractivity contribution < 1.29 is 4.79 Å². The van der Waals surface area contributed by atoms with Crippen LogP contribution in [0.5, 0.6) is 0 Å². The summed E-state index contributed by atoms with van der Waals surface area (Å²) >= 11 is 0. The predicted molar refractivity (Wildman–Crippen MR) is 74.3 cm³/mol. The lowest BCUT2D eigenvalue weighted by atomic mass is 9.80. The van der Waals surface area contributed by atoms with Crippen LogP contribution in [0.15, 0.2) is 0 Å². The smallest absolute Gasteiger partial charge is 0.223 e. The van der Waals surface area contributed by atoms with Gasteiger partial charge in [-0.25, -0.2) is 0 Å². The van der Waals surface area contributed by atoms with Gasteiger partial charge in [-0.05, 0) is 45.4 Å². The zero-order chi connectivity index (χ0) is 12.2. The molecule has 1 rings (SSSR count). The van der Waals surface area contributed by atoms with Crippen LogP contribution in [0.1, 0.15) is 52.9 Å². The van der Waals surface area contributed by atoms with E-state index in [1.54, 1.807) is 0 Å². The summed E-state index contributed by atoms with van der Waals surface area (Å²) in [7, 11) is 0. The molecule has 3 N–H and O–H groups in total. The topological polar surface area (TPSA) is 55.1 Å². The number of halogens is 1. The molecule has 3 nitrogen and oxygen atoms in total. The molecular formula is C13H27ClN2O. The van der Waals surface area contributed by atoms with Gasteiger partial charge in [-0.2, -0.15) is 0 Å². The lowest BCUT2D eigenvalue weighted by Crippen LogP contribution is -2.47. The number of carbonyl (C=O) groups excluding carboxylic acids is 1. The Kier molecular flexibility index (Phi) is 7.10. The number of hydrogen-bond donors (Lipinski definition) is 2. The second kappa shape index (κ2) is 7.22. The molecule has 0 aromatic rings. The van der Waals surface area contributed by atoms with Crippen LogP contribution in [-0.2, 0) is 4.79 Å². The Labute approximate surface area is 111 Å². The Morgan fingerprint density at radius 3 is 2.24 bits per heavy atom. The van der Waals surface area contributed by atoms with Crippen LogP contribution in [-0.4, -0.2) is 18.0 Å². The van der Waals surface area contributed by atoms with Crippen LogP contribution in [0.25, 0.3) is 0 Å². The molecule has 0 heterocycles. The Balaban J connectivity index is 0.00000256. The highest BCUT2D eigenvalue weighted by atomic mass is 35.5. The van der Waals surface area contributed by atoms with Crippen LogP contribution in [0.4, 0.5) is 0 Å². The molecule has 0 bridgehead atoms. The summed E-state index contributed by atoms with van der Waals surface area (Å²) in [5.41, 5.74) is 5.53. The molecule has 1 amide bonds. The quantitative estimate of drug-likeness (QED) is 0.818. The minimum Gasteiger partial charge on any atom is -0.354 e. The molecule has 1 saturated carbocycles. The number of rotatable bonds is 4. The maximum atomic E-state index is 11.9. The number of nitrogens with one attached hydrogen (secondary N) is 1. The Bertz CT molecular complexity index is 230. The fourth-order valence-corrected chi connectivity index (χ4v) is 2.29. The highest BCUT2D eigenvalue weighted by molar-refractivity contribution is 5.85. The monoisotopic (exact) mass is 262 g/mol. The zero-order valence-corrected chi connectivity index (χ0v) is 12.1. The third-order valence-corrected chi connectivity index (χ3v) is 3.51. The Morgan fingerprint density at radius 2 is 1.82 bits per heavy atom. The van der Waals surface area contributed by atoms with Gasteiger partial charge in [-0.15, -0.1) is 12.4 Å². The molecule has 0 saturated heterocycles. The fraction of sp³-hybridized carbons (Fsp3) is 0.923. The Morgan fingerprint density at radius 1 is 1.29 bits per heavy atom. The first kappa shape index (κ1) is 16.7. The summed E-state index contributed by atoms with van der Waals surface area (Å²) in [6.07, 6.45) is 5.77. The number of carbonyl (C=O) groups is 1. The van der Waals surface area contributed by atoms with Gasteiger partial charge < -0.3 is 11.1 Å². The van der Waals surface area contributed by atoms with Gasteiger partial charge in [0.15, 0.2) is 0 Å². The molecule has 0 aromatic heterocycles. The van der Waals surface area contributed by atoms with Crippen molar-refractivity contribution in [3.8, 4) is 0 Å². The average molecular weight is 263 g/mol. The first-order valence-corrected chi connectivity index (χ1v) is 6.49. The molecular weight excluding hydrogens is 236 g/mol. The second-order valence-corrected chi connectivity index (χ2v) is 5.83. The molecule has 0 aromatic carbocycles. The van der Waals surface area contributed by atoms with Gasteiger partial charge in [0.25, 0.3) is 0 Å². The zero-order valence-electron chi connectivity index (χ0n) is 11.3. The van der Waals surface area contributed by atoms with Gasteiger partial charge in [0.2, 0.25) is 5.91 Å². The standard InChI is InChI=1S/C13H26N2O.ClH/c1-4-10-5-7-11(8-6-10)12(16)15-9-13(2,3)14;/h10-11H,4-9,14H2,1-3H3,(H,15,16);1H. The lowest BCUT2D eigenvalue weighted by Gasteiger charge is -2.28. The van der Waals surface area contributed by atoms with Crippen molar-refractivity contribution in [1.82, 2.24) is 5.32 Å². The molecule has 4 heteroatoms. The summed E-state index contributed by atoms with van der Waals surface area (Å²) in [6.45, 7) is 6.67. The van der Waals surface area contributed by atoms with Crippen LogP contribution in [0, 0.1) is 11.8 Å². The van der Waals surface area contributed by atoms with E-state index in [9.17, 15) is 4.79 Å². The molecule has 0 spiro atoms. The van der Waals surface area contributed by atoms with E-state index in [2.05, 4.69) is 12.2 Å². The summed E-state index contributed by atoms with van der Waals surface area (Å²) in [5, 5.41) is 2.96. The molecule has 0 radical (unpaired) electrons. The maximum Gasteiger partial charge on any atom is 0.223 e. The SMILES string of the molecule is CCC1CCC(C(=O)NCC(C)(C)N)CC1.Cl. The van der Waals surface area contributed by atoms with E-state index in [1.807, 2.05) is 13.8 Å². The van der Waals surface area contributed by atoms with Crippen molar-refractivity contribution in [3.63, 3.8) is 0 Å². The highest BCUT2D eigenvalue weighted by Gasteiger charge is 2.26. The minimum atomic E-state index is -0.309. The molecule has 1 fully saturated rings. The van der Waals surface area contributed by atoms with Crippen molar-refractivity contribution in [3.05, 3.63) is 0 Å². The van der Waals surface area contributed by atoms with E-state index in [0.717, 1.165) is 18.8 Å². The van der Waals surface area contributed by atoms with E-state index in [1.165, 1.54) is 19.3 Å². The van der Waals surface area contributed by atoms with Crippen molar-refractivity contribution in [2.75, 3.05) is 6.54 Å². The fourth-order valence-electron chi connectivity index (χ4n) is 2.29. The van der Waals surface area contributed by atoms with E-state index in [-0.39, 0.29) is 29.8 Å². The minimum absolute atomic E-state index is 0. The van der Waals surface area contributed by atoms with E-state index < -0.39 is 0 Å². The molecule has 17 heavy (non-hydrogen) atoms. The first-order valence-electron chi connectivity index (χ1n) is 6.49. The van der Waals surface area contributed by atoms with Crippen molar-refractivity contribution in [2.45, 2.75) is 58.4 Å². The Hall–Kier alpha value is -0.280. The third kappa shape index (κ3) is 6.27. The van der Waals surface area contributed by atoms with Crippen LogP contribution in [0.3, 0.4) is 0 Å². The second-order valence-electron chi connectivity index (χ2n) is 5.83. The molecule has 1 aliphatic carbocycles. The first-order chi connectivity index (χ1) is 7.42. The summed E-state index contributed by atoms with van der Waals surface area (Å²) in [4.78, 5) is 11.9. The average Bonchev–Trinajstić information content (AvgIpc) is 2.25. The lowest BCUT2D eigenvalue weighted by molar-refractivity contribution is -0.126. The summed E-state index contributed by atoms with van der Waals surface area (Å²) in [6, 6.07) is 0. The van der Waals surface area contributed by atoms with Gasteiger partial charge in [0, 0.05) is 18.0 Å². The third-order valence-electron chi connectivity index (χ3n) is 3.51. The van der Waals surface area contributed by atoms with Crippen LogP contribution < -0.4 is 11.1 Å². The van der Waals surface area contributed by atoms with Gasteiger partial charge in [0.05, 0.1) is 0 Å². The maximum absolute atomic E-state index is 11.9. The van der Waals surface area contributed by atoms with Gasteiger partial charge in [-0.1, -0.05) is 13.3 Å². The van der Waals surface area contributed by atoms with Crippen molar-refractivity contribution >= 4 is 18.3 Å². The molecule has 102 valence electrons. The van der Waals surface area contributed by atoms with Gasteiger partial charge in [0.1, 0.15) is 0 Å². The highest BCUT2D eigenvalue weighted by Crippen LogP contribution is 2.30. The van der Waals surface area contributed by atoms with Gasteiger partial charge >= 0.3 is 0 Å². The van der Waals surface area contributed by atoms with Crippen LogP contribution in [0.2, 0.25) is 0 Å². The van der Waals surface area contributed by atoms with E-state index >= 15 is 0 Å². The molecule has 0 atom stereocenters. The number of nitrogens with two attached hydrogens (primary N) is 1. The van der Waals surface area contributed by atoms with Crippen molar-refractivity contribution in [2.24, 2.45) is 17.6 Å². The molecule has 1 aliphatic rings. The van der Waals surface area contributed by atoms with E-state index in [4.69, 9.17) is 5.73 Å².